The maximum absolute atomic E-state index is 12.0. The minimum absolute atomic E-state index is 0.116. The molecule has 132 valence electrons. The lowest BCUT2D eigenvalue weighted by atomic mass is 10.1. The van der Waals surface area contributed by atoms with Gasteiger partial charge in [-0.2, -0.15) is 0 Å². The van der Waals surface area contributed by atoms with Gasteiger partial charge in [-0.3, -0.25) is 9.59 Å². The quantitative estimate of drug-likeness (QED) is 0.735. The molecule has 1 unspecified atom stereocenters. The maximum atomic E-state index is 12.0. The Morgan fingerprint density at radius 3 is 2.40 bits per heavy atom. The number of hydrogen-bond acceptors (Lipinski definition) is 3. The predicted molar refractivity (Wildman–Crippen MR) is 95.4 cm³/mol. The number of benzene rings is 2. The van der Waals surface area contributed by atoms with E-state index in [0.717, 1.165) is 11.1 Å². The van der Waals surface area contributed by atoms with Crippen LogP contribution in [0.4, 0.5) is 0 Å². The number of amides is 1. The fourth-order valence-electron chi connectivity index (χ4n) is 2.34. The van der Waals surface area contributed by atoms with E-state index in [1.165, 1.54) is 0 Å². The lowest BCUT2D eigenvalue weighted by Gasteiger charge is -2.13. The molecule has 2 aromatic carbocycles. The molecule has 0 aliphatic rings. The van der Waals surface area contributed by atoms with Crippen molar-refractivity contribution in [2.45, 2.75) is 20.0 Å². The van der Waals surface area contributed by atoms with Gasteiger partial charge in [-0.1, -0.05) is 48.0 Å². The van der Waals surface area contributed by atoms with Gasteiger partial charge in [-0.05, 0) is 31.0 Å². The van der Waals surface area contributed by atoms with Gasteiger partial charge in [-0.15, -0.1) is 0 Å². The van der Waals surface area contributed by atoms with Gasteiger partial charge in [0.2, 0.25) is 0 Å². The molecule has 1 atom stereocenters. The van der Waals surface area contributed by atoms with Crippen molar-refractivity contribution in [3.63, 3.8) is 0 Å². The zero-order valence-electron chi connectivity index (χ0n) is 14.3. The summed E-state index contributed by atoms with van der Waals surface area (Å²) in [4.78, 5) is 23.3. The molecule has 0 aromatic heterocycles. The van der Waals surface area contributed by atoms with Crippen LogP contribution < -0.4 is 5.32 Å². The van der Waals surface area contributed by atoms with Crippen molar-refractivity contribution >= 4 is 11.9 Å². The van der Waals surface area contributed by atoms with Crippen LogP contribution in [0, 0.1) is 12.8 Å². The zero-order chi connectivity index (χ0) is 18.1. The second-order valence-electron chi connectivity index (χ2n) is 5.95. The van der Waals surface area contributed by atoms with Crippen molar-refractivity contribution in [2.75, 3.05) is 13.2 Å². The average Bonchev–Trinajstić information content (AvgIpc) is 2.61. The lowest BCUT2D eigenvalue weighted by Crippen LogP contribution is -2.29. The summed E-state index contributed by atoms with van der Waals surface area (Å²) in [5.74, 6) is -1.77. The highest BCUT2D eigenvalue weighted by atomic mass is 16.5. The molecule has 0 saturated carbocycles. The van der Waals surface area contributed by atoms with E-state index >= 15 is 0 Å². The molecule has 5 heteroatoms. The summed E-state index contributed by atoms with van der Waals surface area (Å²) in [5, 5.41) is 12.0. The van der Waals surface area contributed by atoms with Crippen molar-refractivity contribution < 1.29 is 19.4 Å². The third-order valence-electron chi connectivity index (χ3n) is 3.87. The largest absolute Gasteiger partial charge is 0.481 e. The standard InChI is InChI=1S/C20H23NO4/c1-15-7-9-17(10-8-15)19(22)21-12-11-18(20(23)24)14-25-13-16-5-3-2-4-6-16/h2-10,18H,11-14H2,1H3,(H,21,22)(H,23,24). The van der Waals surface area contributed by atoms with E-state index < -0.39 is 11.9 Å². The first-order valence-corrected chi connectivity index (χ1v) is 8.25. The zero-order valence-corrected chi connectivity index (χ0v) is 14.3. The van der Waals surface area contributed by atoms with Gasteiger partial charge >= 0.3 is 5.97 Å². The normalized spacial score (nSPS) is 11.7. The van der Waals surface area contributed by atoms with Crippen molar-refractivity contribution in [1.82, 2.24) is 5.32 Å². The van der Waals surface area contributed by atoms with Gasteiger partial charge < -0.3 is 15.2 Å². The highest BCUT2D eigenvalue weighted by molar-refractivity contribution is 5.94. The Hall–Kier alpha value is -2.66. The van der Waals surface area contributed by atoms with E-state index in [2.05, 4.69) is 5.32 Å². The first-order valence-electron chi connectivity index (χ1n) is 8.25. The van der Waals surface area contributed by atoms with Crippen molar-refractivity contribution in [2.24, 2.45) is 5.92 Å². The number of hydrogen-bond donors (Lipinski definition) is 2. The van der Waals surface area contributed by atoms with Crippen LogP contribution in [-0.4, -0.2) is 30.1 Å². The molecule has 2 aromatic rings. The number of ether oxygens (including phenoxy) is 1. The molecule has 1 amide bonds. The summed E-state index contributed by atoms with van der Waals surface area (Å²) in [5.41, 5.74) is 2.65. The SMILES string of the molecule is Cc1ccc(C(=O)NCCC(COCc2ccccc2)C(=O)O)cc1. The van der Waals surface area contributed by atoms with Gasteiger partial charge in [0.25, 0.3) is 5.91 Å². The fraction of sp³-hybridized carbons (Fsp3) is 0.300. The third-order valence-corrected chi connectivity index (χ3v) is 3.87. The van der Waals surface area contributed by atoms with Crippen LogP contribution in [0.5, 0.6) is 0 Å². The molecule has 2 rings (SSSR count). The summed E-state index contributed by atoms with van der Waals surface area (Å²) in [6.07, 6.45) is 0.321. The van der Waals surface area contributed by atoms with Crippen LogP contribution in [0.3, 0.4) is 0 Å². The van der Waals surface area contributed by atoms with E-state index in [-0.39, 0.29) is 12.5 Å². The Bertz CT molecular complexity index is 683. The van der Waals surface area contributed by atoms with Crippen molar-refractivity contribution in [3.8, 4) is 0 Å². The topological polar surface area (TPSA) is 75.6 Å². The monoisotopic (exact) mass is 341 g/mol. The van der Waals surface area contributed by atoms with Crippen molar-refractivity contribution in [1.29, 1.82) is 0 Å². The minimum Gasteiger partial charge on any atom is -0.481 e. The number of aryl methyl sites for hydroxylation is 1. The Morgan fingerprint density at radius 2 is 1.76 bits per heavy atom. The Morgan fingerprint density at radius 1 is 1.08 bits per heavy atom. The van der Waals surface area contributed by atoms with Crippen LogP contribution in [-0.2, 0) is 16.1 Å². The summed E-state index contributed by atoms with van der Waals surface area (Å²) in [6.45, 7) is 2.73. The van der Waals surface area contributed by atoms with Gasteiger partial charge in [0.05, 0.1) is 19.1 Å². The van der Waals surface area contributed by atoms with Crippen LogP contribution in [0.2, 0.25) is 0 Å². The molecule has 25 heavy (non-hydrogen) atoms. The smallest absolute Gasteiger partial charge is 0.308 e. The van der Waals surface area contributed by atoms with E-state index in [1.54, 1.807) is 12.1 Å². The summed E-state index contributed by atoms with van der Waals surface area (Å²) >= 11 is 0. The molecule has 0 heterocycles. The molecule has 0 spiro atoms. The summed E-state index contributed by atoms with van der Waals surface area (Å²) < 4.78 is 5.50. The second kappa shape index (κ2) is 9.59. The number of nitrogens with one attached hydrogen (secondary N) is 1. The molecule has 0 fully saturated rings. The summed E-state index contributed by atoms with van der Waals surface area (Å²) in [6, 6.07) is 16.8. The highest BCUT2D eigenvalue weighted by Crippen LogP contribution is 2.08. The fourth-order valence-corrected chi connectivity index (χ4v) is 2.34. The number of carboxylic acid groups (broad SMARTS) is 1. The third kappa shape index (κ3) is 6.39. The van der Waals surface area contributed by atoms with E-state index in [0.29, 0.717) is 25.1 Å². The van der Waals surface area contributed by atoms with Crippen LogP contribution >= 0.6 is 0 Å². The molecule has 0 saturated heterocycles. The number of rotatable bonds is 9. The minimum atomic E-state index is -0.919. The van der Waals surface area contributed by atoms with Crippen LogP contribution in [0.1, 0.15) is 27.9 Å². The first kappa shape index (κ1) is 18.7. The van der Waals surface area contributed by atoms with E-state index in [4.69, 9.17) is 4.74 Å². The van der Waals surface area contributed by atoms with Crippen molar-refractivity contribution in [3.05, 3.63) is 71.3 Å². The number of carbonyl (C=O) groups excluding carboxylic acids is 1. The van der Waals surface area contributed by atoms with Gasteiger partial charge in [0.15, 0.2) is 0 Å². The molecular weight excluding hydrogens is 318 g/mol. The van der Waals surface area contributed by atoms with Gasteiger partial charge in [0, 0.05) is 12.1 Å². The Labute approximate surface area is 147 Å². The molecule has 0 radical (unpaired) electrons. The van der Waals surface area contributed by atoms with E-state index in [1.807, 2.05) is 49.4 Å². The number of aliphatic carboxylic acids is 1. The lowest BCUT2D eigenvalue weighted by molar-refractivity contribution is -0.144. The van der Waals surface area contributed by atoms with Gasteiger partial charge in [-0.25, -0.2) is 0 Å². The molecule has 2 N–H and O–H groups in total. The Balaban J connectivity index is 1.74. The van der Waals surface area contributed by atoms with Gasteiger partial charge in [0.1, 0.15) is 0 Å². The number of carbonyl (C=O) groups is 2. The molecular formula is C20H23NO4. The predicted octanol–water partition coefficient (Wildman–Crippen LogP) is 3.03. The molecule has 0 aliphatic heterocycles. The Kier molecular flexibility index (Phi) is 7.16. The van der Waals surface area contributed by atoms with Crippen LogP contribution in [0.15, 0.2) is 54.6 Å². The summed E-state index contributed by atoms with van der Waals surface area (Å²) in [7, 11) is 0. The van der Waals surface area contributed by atoms with Crippen LogP contribution in [0.25, 0.3) is 0 Å². The second-order valence-corrected chi connectivity index (χ2v) is 5.95. The molecule has 5 nitrogen and oxygen atoms in total. The first-order chi connectivity index (χ1) is 12.1. The maximum Gasteiger partial charge on any atom is 0.308 e. The number of carboxylic acids is 1. The molecule has 0 aliphatic carbocycles. The average molecular weight is 341 g/mol. The highest BCUT2D eigenvalue weighted by Gasteiger charge is 2.18. The molecule has 0 bridgehead atoms. The van der Waals surface area contributed by atoms with E-state index in [9.17, 15) is 14.7 Å².